The van der Waals surface area contributed by atoms with Crippen LogP contribution in [0.25, 0.3) is 10.6 Å². The minimum atomic E-state index is -3.39. The highest BCUT2D eigenvalue weighted by Gasteiger charge is 2.47. The van der Waals surface area contributed by atoms with Gasteiger partial charge in [0.05, 0.1) is 10.1 Å². The van der Waals surface area contributed by atoms with Crippen LogP contribution in [0.1, 0.15) is 25.7 Å². The number of urea groups is 1. The number of aromatic nitrogens is 2. The SMILES string of the molecule is O=C(Nc1ccc(-c2nncs2)cc1)N1C2CCC1CC(S(=O)(=O)c1ccccc1)C2. The number of nitrogens with zero attached hydrogens (tertiary/aromatic N) is 3. The molecule has 5 rings (SSSR count). The second kappa shape index (κ2) is 8.05. The van der Waals surface area contributed by atoms with Gasteiger partial charge >= 0.3 is 6.03 Å². The summed E-state index contributed by atoms with van der Waals surface area (Å²) >= 11 is 1.46. The van der Waals surface area contributed by atoms with Crippen LogP contribution in [0, 0.1) is 0 Å². The quantitative estimate of drug-likeness (QED) is 0.638. The van der Waals surface area contributed by atoms with Gasteiger partial charge in [-0.2, -0.15) is 0 Å². The molecule has 0 spiro atoms. The molecule has 2 aliphatic heterocycles. The van der Waals surface area contributed by atoms with E-state index in [-0.39, 0.29) is 18.1 Å². The number of benzene rings is 2. The van der Waals surface area contributed by atoms with E-state index >= 15 is 0 Å². The van der Waals surface area contributed by atoms with Gasteiger partial charge in [-0.25, -0.2) is 13.2 Å². The second-order valence-electron chi connectivity index (χ2n) is 8.00. The van der Waals surface area contributed by atoms with E-state index in [2.05, 4.69) is 15.5 Å². The molecule has 2 amide bonds. The van der Waals surface area contributed by atoms with Crippen molar-refractivity contribution in [3.8, 4) is 10.6 Å². The number of anilines is 1. The van der Waals surface area contributed by atoms with Gasteiger partial charge in [0.15, 0.2) is 9.84 Å². The van der Waals surface area contributed by atoms with Crippen molar-refractivity contribution in [2.45, 2.75) is 47.9 Å². The van der Waals surface area contributed by atoms with Gasteiger partial charge in [0.25, 0.3) is 0 Å². The van der Waals surface area contributed by atoms with E-state index in [4.69, 9.17) is 0 Å². The van der Waals surface area contributed by atoms with E-state index in [1.807, 2.05) is 35.2 Å². The Labute approximate surface area is 185 Å². The van der Waals surface area contributed by atoms with Crippen LogP contribution in [0.4, 0.5) is 10.5 Å². The first-order valence-corrected chi connectivity index (χ1v) is 12.7. The summed E-state index contributed by atoms with van der Waals surface area (Å²) in [5.74, 6) is 0. The van der Waals surface area contributed by atoms with Gasteiger partial charge in [0.1, 0.15) is 10.5 Å². The van der Waals surface area contributed by atoms with E-state index in [9.17, 15) is 13.2 Å². The molecule has 2 aliphatic rings. The zero-order valence-corrected chi connectivity index (χ0v) is 18.3. The predicted octanol–water partition coefficient (Wildman–Crippen LogP) is 4.21. The Morgan fingerprint density at radius 1 is 1.00 bits per heavy atom. The highest BCUT2D eigenvalue weighted by atomic mass is 32.2. The van der Waals surface area contributed by atoms with Gasteiger partial charge in [0, 0.05) is 23.3 Å². The molecule has 3 heterocycles. The molecule has 2 aromatic carbocycles. The molecule has 160 valence electrons. The monoisotopic (exact) mass is 454 g/mol. The first-order chi connectivity index (χ1) is 15.0. The number of nitrogens with one attached hydrogen (secondary N) is 1. The first kappa shape index (κ1) is 20.1. The first-order valence-electron chi connectivity index (χ1n) is 10.3. The van der Waals surface area contributed by atoms with Crippen LogP contribution < -0.4 is 5.32 Å². The Kier molecular flexibility index (Phi) is 5.23. The van der Waals surface area contributed by atoms with Crippen LogP contribution in [0.15, 0.2) is 65.0 Å². The molecule has 0 saturated carbocycles. The van der Waals surface area contributed by atoms with Crippen molar-refractivity contribution < 1.29 is 13.2 Å². The number of carbonyl (C=O) groups excluding carboxylic acids is 1. The van der Waals surface area contributed by atoms with Gasteiger partial charge < -0.3 is 10.2 Å². The number of sulfone groups is 1. The largest absolute Gasteiger partial charge is 0.322 e. The molecular weight excluding hydrogens is 432 g/mol. The molecule has 9 heteroatoms. The molecule has 2 unspecified atom stereocenters. The molecule has 0 radical (unpaired) electrons. The Morgan fingerprint density at radius 2 is 1.68 bits per heavy atom. The number of fused-ring (bicyclic) bond motifs is 2. The van der Waals surface area contributed by atoms with Crippen LogP contribution in [0.3, 0.4) is 0 Å². The van der Waals surface area contributed by atoms with Gasteiger partial charge in [-0.1, -0.05) is 29.5 Å². The van der Waals surface area contributed by atoms with E-state index in [1.54, 1.807) is 29.8 Å². The van der Waals surface area contributed by atoms with Gasteiger partial charge in [-0.05, 0) is 62.1 Å². The summed E-state index contributed by atoms with van der Waals surface area (Å²) in [4.78, 5) is 15.2. The topological polar surface area (TPSA) is 92.3 Å². The summed E-state index contributed by atoms with van der Waals surface area (Å²) in [5, 5.41) is 11.3. The average molecular weight is 455 g/mol. The third kappa shape index (κ3) is 3.83. The fourth-order valence-electron chi connectivity index (χ4n) is 4.70. The van der Waals surface area contributed by atoms with Crippen molar-refractivity contribution >= 4 is 32.9 Å². The number of carbonyl (C=O) groups is 1. The summed E-state index contributed by atoms with van der Waals surface area (Å²) < 4.78 is 26.2. The maximum absolute atomic E-state index is 13.1. The smallest absolute Gasteiger partial charge is 0.318 e. The summed E-state index contributed by atoms with van der Waals surface area (Å²) in [7, 11) is -3.39. The van der Waals surface area contributed by atoms with Crippen molar-refractivity contribution in [3.63, 3.8) is 0 Å². The summed E-state index contributed by atoms with van der Waals surface area (Å²) in [5.41, 5.74) is 3.34. The van der Waals surface area contributed by atoms with Gasteiger partial charge in [-0.15, -0.1) is 10.2 Å². The molecule has 1 N–H and O–H groups in total. The van der Waals surface area contributed by atoms with Crippen molar-refractivity contribution in [2.75, 3.05) is 5.32 Å². The van der Waals surface area contributed by atoms with E-state index in [1.165, 1.54) is 11.3 Å². The van der Waals surface area contributed by atoms with Crippen molar-refractivity contribution in [3.05, 3.63) is 60.1 Å². The minimum Gasteiger partial charge on any atom is -0.318 e. The molecule has 1 aromatic heterocycles. The molecular formula is C22H22N4O3S2. The fraction of sp³-hybridized carbons (Fsp3) is 0.318. The lowest BCUT2D eigenvalue weighted by atomic mass is 10.0. The molecule has 0 aliphatic carbocycles. The minimum absolute atomic E-state index is 0.0529. The number of piperidine rings is 1. The Hall–Kier alpha value is -2.78. The zero-order chi connectivity index (χ0) is 21.4. The lowest BCUT2D eigenvalue weighted by Crippen LogP contribution is -2.51. The van der Waals surface area contributed by atoms with Crippen LogP contribution in [-0.4, -0.2) is 46.9 Å². The van der Waals surface area contributed by atoms with Crippen molar-refractivity contribution in [2.24, 2.45) is 0 Å². The molecule has 2 atom stereocenters. The number of rotatable bonds is 4. The summed E-state index contributed by atoms with van der Waals surface area (Å²) in [6.07, 6.45) is 2.65. The fourth-order valence-corrected chi connectivity index (χ4v) is 7.13. The zero-order valence-electron chi connectivity index (χ0n) is 16.7. The van der Waals surface area contributed by atoms with E-state index < -0.39 is 15.1 Å². The van der Waals surface area contributed by atoms with Crippen LogP contribution in [0.5, 0.6) is 0 Å². The third-order valence-corrected chi connectivity index (χ3v) is 9.11. The highest BCUT2D eigenvalue weighted by molar-refractivity contribution is 7.92. The predicted molar refractivity (Wildman–Crippen MR) is 120 cm³/mol. The Bertz CT molecular complexity index is 1150. The van der Waals surface area contributed by atoms with Crippen LogP contribution in [-0.2, 0) is 9.84 Å². The summed E-state index contributed by atoms with van der Waals surface area (Å²) in [6.45, 7) is 0. The number of hydrogen-bond acceptors (Lipinski definition) is 6. The van der Waals surface area contributed by atoms with Crippen LogP contribution >= 0.6 is 11.3 Å². The molecule has 7 nitrogen and oxygen atoms in total. The van der Waals surface area contributed by atoms with Crippen LogP contribution in [0.2, 0.25) is 0 Å². The van der Waals surface area contributed by atoms with E-state index in [0.717, 1.165) is 23.4 Å². The molecule has 2 fully saturated rings. The summed E-state index contributed by atoms with van der Waals surface area (Å²) in [6, 6.07) is 15.9. The maximum Gasteiger partial charge on any atom is 0.322 e. The third-order valence-electron chi connectivity index (χ3n) is 6.18. The Morgan fingerprint density at radius 3 is 2.29 bits per heavy atom. The lowest BCUT2D eigenvalue weighted by molar-refractivity contribution is 0.160. The van der Waals surface area contributed by atoms with Crippen molar-refractivity contribution in [1.29, 1.82) is 0 Å². The average Bonchev–Trinajstić information content (AvgIpc) is 3.41. The number of hydrogen-bond donors (Lipinski definition) is 1. The lowest BCUT2D eigenvalue weighted by Gasteiger charge is -2.38. The van der Waals surface area contributed by atoms with Crippen molar-refractivity contribution in [1.82, 2.24) is 15.1 Å². The molecule has 3 aromatic rings. The number of amides is 2. The second-order valence-corrected chi connectivity index (χ2v) is 11.1. The standard InChI is InChI=1S/C22H22N4O3S2/c27-22(24-16-8-6-15(7-9-16)21-25-23-14-30-21)26-17-10-11-18(26)13-20(12-17)31(28,29)19-4-2-1-3-5-19/h1-9,14,17-18,20H,10-13H2,(H,24,27). The van der Waals surface area contributed by atoms with Gasteiger partial charge in [-0.3, -0.25) is 0 Å². The normalized spacial score (nSPS) is 23.0. The molecule has 2 saturated heterocycles. The highest BCUT2D eigenvalue weighted by Crippen LogP contribution is 2.40. The molecule has 2 bridgehead atoms. The van der Waals surface area contributed by atoms with E-state index in [0.29, 0.717) is 23.4 Å². The maximum atomic E-state index is 13.1. The Balaban J connectivity index is 1.28. The molecule has 31 heavy (non-hydrogen) atoms. The van der Waals surface area contributed by atoms with Gasteiger partial charge in [0.2, 0.25) is 0 Å².